The van der Waals surface area contributed by atoms with Gasteiger partial charge in [0.15, 0.2) is 0 Å². The third-order valence-electron chi connectivity index (χ3n) is 0.258. The number of hydrogen-bond acceptors (Lipinski definition) is 6. The van der Waals surface area contributed by atoms with Crippen LogP contribution in [0.5, 0.6) is 0 Å². The summed E-state index contributed by atoms with van der Waals surface area (Å²) in [5.74, 6) is -2.65. The Morgan fingerprint density at radius 1 is 1.00 bits per heavy atom. The van der Waals surface area contributed by atoms with E-state index in [1.807, 2.05) is 0 Å². The van der Waals surface area contributed by atoms with E-state index in [2.05, 4.69) is 25.3 Å². The summed E-state index contributed by atoms with van der Waals surface area (Å²) in [6.07, 6.45) is 0. The molecule has 0 radical (unpaired) electrons. The third kappa shape index (κ3) is 41.2. The molecule has 0 saturated heterocycles. The van der Waals surface area contributed by atoms with Crippen LogP contribution in [-0.2, 0) is 9.59 Å². The van der Waals surface area contributed by atoms with E-state index in [4.69, 9.17) is 0 Å². The van der Waals surface area contributed by atoms with E-state index in [-0.39, 0.29) is 21.6 Å². The van der Waals surface area contributed by atoms with Gasteiger partial charge in [-0.25, -0.2) is 0 Å². The third-order valence-corrected chi connectivity index (χ3v) is 0.775. The summed E-state index contributed by atoms with van der Waals surface area (Å²) in [6, 6.07) is 0. The topological polar surface area (TPSA) is 80.3 Å². The maximum atomic E-state index is 9.18. The molecule has 0 aromatic carbocycles. The van der Waals surface area contributed by atoms with Gasteiger partial charge in [0.1, 0.15) is 0 Å². The van der Waals surface area contributed by atoms with Crippen molar-refractivity contribution in [3.8, 4) is 0 Å². The molecule has 4 nitrogen and oxygen atoms in total. The molecule has 0 saturated carbocycles. The molecule has 0 heterocycles. The van der Waals surface area contributed by atoms with Gasteiger partial charge in [0.2, 0.25) is 0 Å². The fourth-order valence-corrected chi connectivity index (χ4v) is 0. The number of aliphatic carboxylic acids is 2. The van der Waals surface area contributed by atoms with Crippen molar-refractivity contribution in [1.29, 1.82) is 0 Å². The average molecular weight is 191 g/mol. The van der Waals surface area contributed by atoms with Crippen molar-refractivity contribution in [2.24, 2.45) is 0 Å². The van der Waals surface area contributed by atoms with Crippen molar-refractivity contribution in [2.75, 3.05) is 11.5 Å². The minimum Gasteiger partial charge on any atom is -0.549 e. The van der Waals surface area contributed by atoms with Gasteiger partial charge in [-0.2, -0.15) is 25.3 Å². The largest absolute Gasteiger partial charge is 2.00 e. The number of carboxylic acid groups (broad SMARTS) is 2. The Balaban J connectivity index is -0.000000107. The van der Waals surface area contributed by atoms with E-state index in [0.717, 1.165) is 0 Å². The van der Waals surface area contributed by atoms with E-state index in [9.17, 15) is 19.8 Å². The molecule has 0 aromatic heterocycles. The molecule has 0 aliphatic heterocycles. The standard InChI is InChI=1S/2C2H4O2S.Be/c2*3-2(4)1-5;/h2*5H,1H2,(H,3,4);/q;;+2/p-2. The first-order valence-corrected chi connectivity index (χ1v) is 3.42. The van der Waals surface area contributed by atoms with Crippen molar-refractivity contribution in [2.45, 2.75) is 0 Å². The Morgan fingerprint density at radius 3 is 1.09 bits per heavy atom. The molecular weight excluding hydrogens is 185 g/mol. The molecule has 0 aliphatic carbocycles. The van der Waals surface area contributed by atoms with Crippen LogP contribution >= 0.6 is 25.3 Å². The molecule has 0 fully saturated rings. The maximum absolute atomic E-state index is 9.18. The molecule has 0 spiro atoms. The van der Waals surface area contributed by atoms with Gasteiger partial charge in [0, 0.05) is 11.5 Å². The molecular formula is C4H6BeO4S2. The number of carbonyl (C=O) groups excluding carboxylic acids is 2. The molecule has 0 aromatic rings. The molecule has 7 heteroatoms. The Morgan fingerprint density at radius 2 is 1.09 bits per heavy atom. The Bertz CT molecular complexity index is 105. The Labute approximate surface area is 79.0 Å². The minimum atomic E-state index is -1.13. The number of carboxylic acids is 2. The summed E-state index contributed by atoms with van der Waals surface area (Å²) in [5, 5.41) is 18.4. The smallest absolute Gasteiger partial charge is 0.549 e. The molecule has 0 unspecified atom stereocenters. The van der Waals surface area contributed by atoms with Crippen LogP contribution in [0, 0.1) is 0 Å². The van der Waals surface area contributed by atoms with Gasteiger partial charge in [-0.05, 0) is 0 Å². The Kier molecular flexibility index (Phi) is 19.4. The summed E-state index contributed by atoms with van der Waals surface area (Å²) < 4.78 is 0. The van der Waals surface area contributed by atoms with E-state index in [1.54, 1.807) is 0 Å². The Hall–Kier alpha value is -0.191. The predicted molar refractivity (Wildman–Crippen MR) is 43.5 cm³/mol. The van der Waals surface area contributed by atoms with Crippen molar-refractivity contribution < 1.29 is 19.8 Å². The first-order valence-electron chi connectivity index (χ1n) is 2.16. The predicted octanol–water partition coefficient (Wildman–Crippen LogP) is -3.05. The zero-order valence-corrected chi connectivity index (χ0v) is 7.44. The van der Waals surface area contributed by atoms with Crippen LogP contribution in [0.3, 0.4) is 0 Å². The van der Waals surface area contributed by atoms with Crippen molar-refractivity contribution in [1.82, 2.24) is 0 Å². The van der Waals surface area contributed by atoms with Crippen LogP contribution in [0.4, 0.5) is 0 Å². The van der Waals surface area contributed by atoms with Crippen molar-refractivity contribution >= 4 is 47.3 Å². The summed E-state index contributed by atoms with van der Waals surface area (Å²) >= 11 is 6.71. The van der Waals surface area contributed by atoms with E-state index in [1.165, 1.54) is 0 Å². The summed E-state index contributed by atoms with van der Waals surface area (Å²) in [6.45, 7) is 0. The van der Waals surface area contributed by atoms with Gasteiger partial charge < -0.3 is 19.8 Å². The second-order valence-electron chi connectivity index (χ2n) is 1.06. The van der Waals surface area contributed by atoms with Crippen LogP contribution in [0.15, 0.2) is 0 Å². The summed E-state index contributed by atoms with van der Waals surface area (Å²) in [5.41, 5.74) is 0. The minimum absolute atomic E-state index is 0. The molecule has 0 bridgehead atoms. The quantitative estimate of drug-likeness (QED) is 0.359. The van der Waals surface area contributed by atoms with Crippen LogP contribution in [0.2, 0.25) is 0 Å². The zero-order valence-electron chi connectivity index (χ0n) is 5.65. The molecule has 0 aliphatic rings. The molecule has 11 heavy (non-hydrogen) atoms. The number of hydrogen-bond donors (Lipinski definition) is 2. The molecule has 0 amide bonds. The molecule has 0 N–H and O–H groups in total. The van der Waals surface area contributed by atoms with Gasteiger partial charge in [0.25, 0.3) is 0 Å². The van der Waals surface area contributed by atoms with Gasteiger partial charge in [-0.3, -0.25) is 0 Å². The summed E-state index contributed by atoms with van der Waals surface area (Å²) in [7, 11) is 0. The normalized spacial score (nSPS) is 6.73. The first kappa shape index (κ1) is 17.1. The van der Waals surface area contributed by atoms with Crippen LogP contribution in [0.25, 0.3) is 0 Å². The number of carbonyl (C=O) groups is 2. The fourth-order valence-electron chi connectivity index (χ4n) is 0. The SMILES string of the molecule is O=C([O-])CS.O=C([O-])CS.[Be+2]. The molecule has 0 atom stereocenters. The second-order valence-corrected chi connectivity index (χ2v) is 1.69. The van der Waals surface area contributed by atoms with Crippen molar-refractivity contribution in [3.63, 3.8) is 0 Å². The van der Waals surface area contributed by atoms with Crippen LogP contribution in [0.1, 0.15) is 0 Å². The number of thiol groups is 2. The number of rotatable bonds is 2. The van der Waals surface area contributed by atoms with E-state index >= 15 is 0 Å². The molecule has 0 rings (SSSR count). The second kappa shape index (κ2) is 12.5. The average Bonchev–Trinajstić information content (AvgIpc) is 1.89. The first-order chi connectivity index (χ1) is 4.54. The van der Waals surface area contributed by atoms with Gasteiger partial charge in [0.05, 0.1) is 11.9 Å². The maximum Gasteiger partial charge on any atom is 2.00 e. The van der Waals surface area contributed by atoms with Gasteiger partial charge in [-0.15, -0.1) is 0 Å². The van der Waals surface area contributed by atoms with E-state index < -0.39 is 11.9 Å². The van der Waals surface area contributed by atoms with Crippen molar-refractivity contribution in [3.05, 3.63) is 0 Å². The van der Waals surface area contributed by atoms with E-state index in [0.29, 0.717) is 0 Å². The van der Waals surface area contributed by atoms with Crippen LogP contribution in [-0.4, -0.2) is 33.6 Å². The zero-order chi connectivity index (χ0) is 8.57. The van der Waals surface area contributed by atoms with Crippen LogP contribution < -0.4 is 10.2 Å². The summed E-state index contributed by atoms with van der Waals surface area (Å²) in [4.78, 5) is 18.4. The van der Waals surface area contributed by atoms with Gasteiger partial charge in [-0.1, -0.05) is 0 Å². The molecule has 60 valence electrons. The monoisotopic (exact) mass is 191 g/mol. The fraction of sp³-hybridized carbons (Fsp3) is 0.500. The van der Waals surface area contributed by atoms with Gasteiger partial charge >= 0.3 is 10.1 Å².